The van der Waals surface area contributed by atoms with Crippen LogP contribution in [-0.2, 0) is 4.74 Å². The Labute approximate surface area is 131 Å². The molecule has 1 aromatic carbocycles. The van der Waals surface area contributed by atoms with Crippen molar-refractivity contribution in [1.29, 1.82) is 0 Å². The molecule has 0 bridgehead atoms. The third-order valence-electron chi connectivity index (χ3n) is 3.39. The van der Waals surface area contributed by atoms with Crippen LogP contribution < -0.4 is 20.1 Å². The first-order chi connectivity index (χ1) is 10.2. The van der Waals surface area contributed by atoms with Gasteiger partial charge in [-0.1, -0.05) is 0 Å². The van der Waals surface area contributed by atoms with Gasteiger partial charge in [0.1, 0.15) is 13.2 Å². The Balaban J connectivity index is 1.59. The molecule has 7 heteroatoms. The first kappa shape index (κ1) is 14.5. The maximum Gasteiger partial charge on any atom is 0.319 e. The van der Waals surface area contributed by atoms with Crippen molar-refractivity contribution in [3.8, 4) is 11.5 Å². The summed E-state index contributed by atoms with van der Waals surface area (Å²) in [6, 6.07) is 3.29. The fraction of sp³-hybridized carbons (Fsp3) is 0.500. The molecule has 2 aliphatic rings. The second-order valence-corrected chi connectivity index (χ2v) is 5.80. The van der Waals surface area contributed by atoms with Crippen molar-refractivity contribution in [3.05, 3.63) is 16.6 Å². The predicted octanol–water partition coefficient (Wildman–Crippen LogP) is 2.52. The number of hydrogen-bond acceptors (Lipinski definition) is 4. The molecule has 1 saturated heterocycles. The van der Waals surface area contributed by atoms with Crippen molar-refractivity contribution in [1.82, 2.24) is 5.32 Å². The second-order valence-electron chi connectivity index (χ2n) is 4.95. The lowest BCUT2D eigenvalue weighted by molar-refractivity contribution is 0.112. The number of hydrogen-bond donors (Lipinski definition) is 2. The largest absolute Gasteiger partial charge is 0.486 e. The first-order valence-corrected chi connectivity index (χ1v) is 7.77. The Morgan fingerprint density at radius 2 is 2.00 bits per heavy atom. The van der Waals surface area contributed by atoms with Crippen LogP contribution in [-0.4, -0.2) is 38.5 Å². The van der Waals surface area contributed by atoms with Crippen LogP contribution in [0.25, 0.3) is 0 Å². The number of carbonyl (C=O) groups excluding carboxylic acids is 1. The summed E-state index contributed by atoms with van der Waals surface area (Å²) in [6.45, 7) is 2.35. The number of rotatable bonds is 3. The van der Waals surface area contributed by atoms with Gasteiger partial charge in [0.15, 0.2) is 11.5 Å². The molecule has 0 aliphatic carbocycles. The second kappa shape index (κ2) is 6.53. The lowest BCUT2D eigenvalue weighted by Gasteiger charge is -2.20. The molecule has 0 aromatic heterocycles. The Morgan fingerprint density at radius 3 is 2.71 bits per heavy atom. The summed E-state index contributed by atoms with van der Waals surface area (Å²) in [7, 11) is 0. The highest BCUT2D eigenvalue weighted by Crippen LogP contribution is 2.38. The van der Waals surface area contributed by atoms with E-state index in [1.165, 1.54) is 0 Å². The summed E-state index contributed by atoms with van der Waals surface area (Å²) in [5, 5.41) is 5.61. The van der Waals surface area contributed by atoms with Crippen LogP contribution in [0.1, 0.15) is 12.8 Å². The number of ether oxygens (including phenoxy) is 3. The molecule has 1 aromatic rings. The van der Waals surface area contributed by atoms with E-state index in [1.807, 2.05) is 0 Å². The summed E-state index contributed by atoms with van der Waals surface area (Å²) >= 11 is 3.42. The molecule has 114 valence electrons. The minimum atomic E-state index is -0.261. The van der Waals surface area contributed by atoms with E-state index >= 15 is 0 Å². The van der Waals surface area contributed by atoms with Gasteiger partial charge in [-0.25, -0.2) is 4.79 Å². The fourth-order valence-electron chi connectivity index (χ4n) is 2.34. The number of halogens is 1. The number of fused-ring (bicyclic) bond motifs is 1. The van der Waals surface area contributed by atoms with Crippen molar-refractivity contribution in [2.75, 3.05) is 31.7 Å². The van der Waals surface area contributed by atoms with Gasteiger partial charge in [0, 0.05) is 29.8 Å². The zero-order valence-electron chi connectivity index (χ0n) is 11.5. The smallest absolute Gasteiger partial charge is 0.319 e. The molecule has 2 heterocycles. The van der Waals surface area contributed by atoms with Crippen molar-refractivity contribution in [3.63, 3.8) is 0 Å². The molecule has 1 unspecified atom stereocenters. The maximum absolute atomic E-state index is 11.9. The first-order valence-electron chi connectivity index (χ1n) is 6.98. The van der Waals surface area contributed by atoms with E-state index in [9.17, 15) is 4.79 Å². The standard InChI is InChI=1S/C14H17BrN2O4/c15-10-6-12-13(21-5-4-20-12)7-11(10)17-14(18)16-8-9-2-1-3-19-9/h6-7,9H,1-5,8H2,(H2,16,17,18). The van der Waals surface area contributed by atoms with Crippen molar-refractivity contribution < 1.29 is 19.0 Å². The number of anilines is 1. The van der Waals surface area contributed by atoms with Gasteiger partial charge >= 0.3 is 6.03 Å². The third kappa shape index (κ3) is 3.59. The van der Waals surface area contributed by atoms with Gasteiger partial charge in [-0.3, -0.25) is 0 Å². The highest BCUT2D eigenvalue weighted by Gasteiger charge is 2.18. The van der Waals surface area contributed by atoms with Gasteiger partial charge in [-0.05, 0) is 28.8 Å². The predicted molar refractivity (Wildman–Crippen MR) is 81.1 cm³/mol. The molecule has 0 radical (unpaired) electrons. The van der Waals surface area contributed by atoms with Crippen LogP contribution in [0.15, 0.2) is 16.6 Å². The van der Waals surface area contributed by atoms with Gasteiger partial charge in [0.25, 0.3) is 0 Å². The van der Waals surface area contributed by atoms with E-state index in [1.54, 1.807) is 12.1 Å². The average Bonchev–Trinajstić information content (AvgIpc) is 2.99. The summed E-state index contributed by atoms with van der Waals surface area (Å²) in [5.41, 5.74) is 0.643. The zero-order valence-corrected chi connectivity index (χ0v) is 13.1. The Kier molecular flexibility index (Phi) is 4.50. The molecule has 0 spiro atoms. The molecule has 6 nitrogen and oxygen atoms in total. The quantitative estimate of drug-likeness (QED) is 0.872. The molecular formula is C14H17BrN2O4. The Hall–Kier alpha value is -1.47. The molecule has 1 atom stereocenters. The normalized spacial score (nSPS) is 20.1. The number of urea groups is 1. The van der Waals surface area contributed by atoms with Gasteiger partial charge in [0.05, 0.1) is 11.8 Å². The highest BCUT2D eigenvalue weighted by molar-refractivity contribution is 9.10. The van der Waals surface area contributed by atoms with E-state index in [4.69, 9.17) is 14.2 Å². The van der Waals surface area contributed by atoms with Crippen LogP contribution in [0, 0.1) is 0 Å². The van der Waals surface area contributed by atoms with Gasteiger partial charge < -0.3 is 24.8 Å². The molecular weight excluding hydrogens is 340 g/mol. The molecule has 2 aliphatic heterocycles. The van der Waals surface area contributed by atoms with Crippen LogP contribution in [0.3, 0.4) is 0 Å². The Morgan fingerprint density at radius 1 is 1.24 bits per heavy atom. The van der Waals surface area contributed by atoms with Gasteiger partial charge in [-0.15, -0.1) is 0 Å². The summed E-state index contributed by atoms with van der Waals surface area (Å²) < 4.78 is 17.2. The zero-order chi connectivity index (χ0) is 14.7. The van der Waals surface area contributed by atoms with Crippen molar-refractivity contribution in [2.45, 2.75) is 18.9 Å². The Bertz CT molecular complexity index is 532. The average molecular weight is 357 g/mol. The molecule has 2 amide bonds. The molecule has 0 saturated carbocycles. The number of nitrogens with one attached hydrogen (secondary N) is 2. The molecule has 2 N–H and O–H groups in total. The van der Waals surface area contributed by atoms with Crippen LogP contribution in [0.5, 0.6) is 11.5 Å². The van der Waals surface area contributed by atoms with E-state index in [0.29, 0.717) is 36.9 Å². The number of carbonyl (C=O) groups is 1. The van der Waals surface area contributed by atoms with E-state index < -0.39 is 0 Å². The van der Waals surface area contributed by atoms with E-state index in [2.05, 4.69) is 26.6 Å². The molecule has 21 heavy (non-hydrogen) atoms. The molecule has 3 rings (SSSR count). The summed E-state index contributed by atoms with van der Waals surface area (Å²) in [6.07, 6.45) is 2.18. The van der Waals surface area contributed by atoms with Crippen molar-refractivity contribution in [2.24, 2.45) is 0 Å². The topological polar surface area (TPSA) is 68.8 Å². The van der Waals surface area contributed by atoms with Gasteiger partial charge in [-0.2, -0.15) is 0 Å². The minimum Gasteiger partial charge on any atom is -0.486 e. The lowest BCUT2D eigenvalue weighted by Crippen LogP contribution is -2.35. The maximum atomic E-state index is 11.9. The van der Waals surface area contributed by atoms with Crippen LogP contribution >= 0.6 is 15.9 Å². The summed E-state index contributed by atoms with van der Waals surface area (Å²) in [5.74, 6) is 1.32. The SMILES string of the molecule is O=C(NCC1CCCO1)Nc1cc2c(cc1Br)OCCO2. The highest BCUT2D eigenvalue weighted by atomic mass is 79.9. The van der Waals surface area contributed by atoms with Crippen molar-refractivity contribution >= 4 is 27.6 Å². The lowest BCUT2D eigenvalue weighted by atomic mass is 10.2. The minimum absolute atomic E-state index is 0.124. The van der Waals surface area contributed by atoms with E-state index in [0.717, 1.165) is 23.9 Å². The number of amides is 2. The summed E-state index contributed by atoms with van der Waals surface area (Å²) in [4.78, 5) is 11.9. The monoisotopic (exact) mass is 356 g/mol. The fourth-order valence-corrected chi connectivity index (χ4v) is 2.76. The molecule has 1 fully saturated rings. The van der Waals surface area contributed by atoms with Gasteiger partial charge in [0.2, 0.25) is 0 Å². The van der Waals surface area contributed by atoms with Crippen LogP contribution in [0.2, 0.25) is 0 Å². The van der Waals surface area contributed by atoms with Crippen LogP contribution in [0.4, 0.5) is 10.5 Å². The number of benzene rings is 1. The van der Waals surface area contributed by atoms with E-state index in [-0.39, 0.29) is 12.1 Å². The third-order valence-corrected chi connectivity index (χ3v) is 4.05.